The lowest BCUT2D eigenvalue weighted by molar-refractivity contribution is -0.539. The third-order valence-corrected chi connectivity index (χ3v) is 4.19. The van der Waals surface area contributed by atoms with E-state index in [2.05, 4.69) is 10.0 Å². The first kappa shape index (κ1) is 14.2. The topological polar surface area (TPSA) is 98.3 Å². The van der Waals surface area contributed by atoms with Gasteiger partial charge in [-0.1, -0.05) is 17.2 Å². The van der Waals surface area contributed by atoms with Gasteiger partial charge >= 0.3 is 5.84 Å². The molecule has 7 heteroatoms. The van der Waals surface area contributed by atoms with Crippen molar-refractivity contribution in [1.82, 2.24) is 5.06 Å². The van der Waals surface area contributed by atoms with Crippen LogP contribution in [0.1, 0.15) is 33.3 Å². The van der Waals surface area contributed by atoms with Crippen molar-refractivity contribution in [3.05, 3.63) is 45.5 Å². The largest absolute Gasteiger partial charge is 0.714 e. The van der Waals surface area contributed by atoms with E-state index in [4.69, 9.17) is 5.53 Å². The van der Waals surface area contributed by atoms with Gasteiger partial charge in [-0.3, -0.25) is 4.74 Å². The first-order valence-corrected chi connectivity index (χ1v) is 6.22. The monoisotopic (exact) mass is 275 g/mol. The van der Waals surface area contributed by atoms with Crippen molar-refractivity contribution in [1.29, 1.82) is 0 Å². The van der Waals surface area contributed by atoms with Crippen molar-refractivity contribution in [2.75, 3.05) is 0 Å². The van der Waals surface area contributed by atoms with Crippen LogP contribution in [0.2, 0.25) is 0 Å². The maximum Gasteiger partial charge on any atom is 0.313 e. The van der Waals surface area contributed by atoms with Crippen LogP contribution in [-0.4, -0.2) is 31.9 Å². The molecule has 0 spiro atoms. The van der Waals surface area contributed by atoms with E-state index in [1.807, 2.05) is 0 Å². The molecule has 1 N–H and O–H groups in total. The van der Waals surface area contributed by atoms with Crippen molar-refractivity contribution in [2.45, 2.75) is 38.8 Å². The lowest BCUT2D eigenvalue weighted by Gasteiger charge is -2.33. The van der Waals surface area contributed by atoms with Gasteiger partial charge in [0, 0.05) is 10.6 Å². The number of nitrogens with zero attached hydrogens (tertiary/aromatic N) is 5. The van der Waals surface area contributed by atoms with Gasteiger partial charge in [0.2, 0.25) is 0 Å². The maximum absolute atomic E-state index is 12.5. The van der Waals surface area contributed by atoms with Gasteiger partial charge in [-0.25, -0.2) is 5.21 Å². The summed E-state index contributed by atoms with van der Waals surface area (Å²) < 4.78 is 0.794. The van der Waals surface area contributed by atoms with E-state index in [1.165, 1.54) is 0 Å². The summed E-state index contributed by atoms with van der Waals surface area (Å²) in [7, 11) is 0. The summed E-state index contributed by atoms with van der Waals surface area (Å²) in [5.74, 6) is 0.148. The molecule has 0 atom stereocenters. The highest BCUT2D eigenvalue weighted by Gasteiger charge is 2.58. The zero-order chi connectivity index (χ0) is 15.1. The van der Waals surface area contributed by atoms with Crippen LogP contribution in [0, 0.1) is 5.21 Å². The fraction of sp³-hybridized carbons (Fsp3) is 0.462. The third-order valence-electron chi connectivity index (χ3n) is 4.19. The first-order chi connectivity index (χ1) is 9.23. The molecule has 0 unspecified atom stereocenters. The van der Waals surface area contributed by atoms with Crippen molar-refractivity contribution in [3.8, 4) is 0 Å². The Morgan fingerprint density at radius 3 is 2.50 bits per heavy atom. The number of azide groups is 1. The number of amidine groups is 1. The second-order valence-corrected chi connectivity index (χ2v) is 5.79. The summed E-state index contributed by atoms with van der Waals surface area (Å²) in [6.45, 7) is 7.13. The Bertz CT molecular complexity index is 629. The Labute approximate surface area is 116 Å². The molecule has 1 heterocycles. The molecule has 0 aliphatic carbocycles. The zero-order valence-electron chi connectivity index (χ0n) is 11.9. The number of hydrogen-bond donors (Lipinski definition) is 1. The van der Waals surface area contributed by atoms with Crippen LogP contribution < -0.4 is 0 Å². The van der Waals surface area contributed by atoms with E-state index in [0.29, 0.717) is 11.3 Å². The van der Waals surface area contributed by atoms with E-state index in [-0.39, 0.29) is 5.84 Å². The SMILES string of the molecule is CC1(C)N(O)C(c2cccc(N=[N+]=[N-])c2)=[N+]([O-])C1(C)C. The molecule has 0 aromatic heterocycles. The first-order valence-electron chi connectivity index (χ1n) is 6.22. The molecule has 2 rings (SSSR count). The molecule has 1 aliphatic heterocycles. The Balaban J connectivity index is 2.60. The fourth-order valence-electron chi connectivity index (χ4n) is 2.12. The normalized spacial score (nSPS) is 19.9. The molecule has 1 aromatic carbocycles. The van der Waals surface area contributed by atoms with Crippen molar-refractivity contribution in [3.63, 3.8) is 0 Å². The van der Waals surface area contributed by atoms with Crippen LogP contribution in [0.4, 0.5) is 5.69 Å². The molecular formula is C13H17N5O2. The van der Waals surface area contributed by atoms with Gasteiger partial charge in [0.15, 0.2) is 5.54 Å². The van der Waals surface area contributed by atoms with Gasteiger partial charge < -0.3 is 5.21 Å². The van der Waals surface area contributed by atoms with Gasteiger partial charge in [-0.05, 0) is 45.4 Å². The lowest BCUT2D eigenvalue weighted by Crippen LogP contribution is -2.53. The average Bonchev–Trinajstić information content (AvgIpc) is 2.49. The predicted octanol–water partition coefficient (Wildman–Crippen LogP) is 3.15. The molecule has 0 saturated carbocycles. The second-order valence-electron chi connectivity index (χ2n) is 5.79. The van der Waals surface area contributed by atoms with E-state index in [0.717, 1.165) is 9.80 Å². The summed E-state index contributed by atoms with van der Waals surface area (Å²) in [4.78, 5) is 2.72. The second kappa shape index (κ2) is 4.40. The van der Waals surface area contributed by atoms with Gasteiger partial charge in [-0.2, -0.15) is 0 Å². The molecule has 0 bridgehead atoms. The molecule has 1 aliphatic rings. The molecule has 106 valence electrons. The number of rotatable bonds is 2. The molecular weight excluding hydrogens is 258 g/mol. The van der Waals surface area contributed by atoms with Gasteiger partial charge in [-0.15, -0.1) is 5.06 Å². The fourth-order valence-corrected chi connectivity index (χ4v) is 2.12. The highest BCUT2D eigenvalue weighted by Crippen LogP contribution is 2.37. The highest BCUT2D eigenvalue weighted by molar-refractivity contribution is 5.96. The Morgan fingerprint density at radius 2 is 2.00 bits per heavy atom. The lowest BCUT2D eigenvalue weighted by atomic mass is 9.84. The summed E-state index contributed by atoms with van der Waals surface area (Å²) in [6, 6.07) is 6.57. The minimum absolute atomic E-state index is 0.148. The number of hydroxylamine groups is 3. The summed E-state index contributed by atoms with van der Waals surface area (Å²) in [5.41, 5.74) is 7.81. The molecule has 1 aromatic rings. The van der Waals surface area contributed by atoms with Gasteiger partial charge in [0.1, 0.15) is 5.54 Å². The summed E-state index contributed by atoms with van der Waals surface area (Å²) >= 11 is 0. The van der Waals surface area contributed by atoms with Crippen molar-refractivity contribution >= 4 is 11.5 Å². The van der Waals surface area contributed by atoms with E-state index in [9.17, 15) is 10.4 Å². The third kappa shape index (κ3) is 1.79. The Hall–Kier alpha value is -2.24. The molecule has 7 nitrogen and oxygen atoms in total. The van der Waals surface area contributed by atoms with E-state index >= 15 is 0 Å². The Morgan fingerprint density at radius 1 is 1.35 bits per heavy atom. The average molecular weight is 275 g/mol. The highest BCUT2D eigenvalue weighted by atomic mass is 16.5. The van der Waals surface area contributed by atoms with Gasteiger partial charge in [0.25, 0.3) is 0 Å². The van der Waals surface area contributed by atoms with Crippen LogP contribution in [0.5, 0.6) is 0 Å². The minimum Gasteiger partial charge on any atom is -0.714 e. The van der Waals surface area contributed by atoms with Crippen molar-refractivity contribution in [2.24, 2.45) is 5.11 Å². The summed E-state index contributed by atoms with van der Waals surface area (Å²) in [6.07, 6.45) is 0. The number of hydrogen-bond acceptors (Lipinski definition) is 4. The quantitative estimate of drug-likeness (QED) is 0.295. The molecule has 0 fully saturated rings. The van der Waals surface area contributed by atoms with Crippen LogP contribution in [0.3, 0.4) is 0 Å². The molecule has 0 saturated heterocycles. The van der Waals surface area contributed by atoms with Crippen LogP contribution in [0.25, 0.3) is 10.4 Å². The van der Waals surface area contributed by atoms with E-state index in [1.54, 1.807) is 52.0 Å². The maximum atomic E-state index is 12.5. The van der Waals surface area contributed by atoms with Crippen LogP contribution >= 0.6 is 0 Å². The minimum atomic E-state index is -0.800. The Kier molecular flexibility index (Phi) is 3.12. The van der Waals surface area contributed by atoms with Crippen molar-refractivity contribution < 1.29 is 9.95 Å². The zero-order valence-corrected chi connectivity index (χ0v) is 11.9. The molecule has 0 radical (unpaired) electrons. The van der Waals surface area contributed by atoms with Crippen LogP contribution in [0.15, 0.2) is 29.4 Å². The number of benzene rings is 1. The van der Waals surface area contributed by atoms with Crippen LogP contribution in [-0.2, 0) is 0 Å². The van der Waals surface area contributed by atoms with E-state index < -0.39 is 11.1 Å². The molecule has 0 amide bonds. The smallest absolute Gasteiger partial charge is 0.313 e. The predicted molar refractivity (Wildman–Crippen MR) is 74.8 cm³/mol. The standard InChI is InChI=1S/C13H17N5O2/c1-12(2)13(3,4)18(20)11(17(12)19)9-6-5-7-10(8-9)15-16-14/h5-8,19H,1-4H3. The molecule has 20 heavy (non-hydrogen) atoms. The van der Waals surface area contributed by atoms with Gasteiger partial charge in [0.05, 0.1) is 5.56 Å². The summed E-state index contributed by atoms with van der Waals surface area (Å²) in [5, 5.41) is 27.3.